The van der Waals surface area contributed by atoms with E-state index in [2.05, 4.69) is 53.9 Å². The van der Waals surface area contributed by atoms with E-state index < -0.39 is 0 Å². The molecule has 1 aliphatic carbocycles. The van der Waals surface area contributed by atoms with Gasteiger partial charge < -0.3 is 15.4 Å². The zero-order valence-electron chi connectivity index (χ0n) is 13.6. The Morgan fingerprint density at radius 1 is 1.50 bits per heavy atom. The summed E-state index contributed by atoms with van der Waals surface area (Å²) in [4.78, 5) is 5.72. The Kier molecular flexibility index (Phi) is 5.77. The smallest absolute Gasteiger partial charge is 0.191 e. The SMILES string of the molecule is CN=C(NC(C)c1cccs1)NC1C2CCOC2C1(C)C.I. The fraction of sp³-hybridized carbons (Fsp3) is 0.688. The van der Waals surface area contributed by atoms with E-state index in [4.69, 9.17) is 4.74 Å². The molecule has 6 heteroatoms. The molecule has 2 heterocycles. The molecule has 1 saturated carbocycles. The van der Waals surface area contributed by atoms with Crippen LogP contribution in [0.15, 0.2) is 22.5 Å². The Labute approximate surface area is 154 Å². The minimum atomic E-state index is 0. The number of thiophene rings is 1. The average molecular weight is 435 g/mol. The molecule has 124 valence electrons. The van der Waals surface area contributed by atoms with Gasteiger partial charge in [0.15, 0.2) is 5.96 Å². The van der Waals surface area contributed by atoms with Gasteiger partial charge in [0.05, 0.1) is 12.1 Å². The van der Waals surface area contributed by atoms with Crippen molar-refractivity contribution in [2.45, 2.75) is 45.4 Å². The fourth-order valence-electron chi connectivity index (χ4n) is 3.75. The third-order valence-electron chi connectivity index (χ3n) is 4.94. The normalized spacial score (nSPS) is 30.7. The lowest BCUT2D eigenvalue weighted by molar-refractivity contribution is -0.106. The molecule has 1 aromatic heterocycles. The van der Waals surface area contributed by atoms with E-state index >= 15 is 0 Å². The van der Waals surface area contributed by atoms with Gasteiger partial charge in [-0.2, -0.15) is 0 Å². The van der Waals surface area contributed by atoms with Gasteiger partial charge >= 0.3 is 0 Å². The largest absolute Gasteiger partial charge is 0.377 e. The number of fused-ring (bicyclic) bond motifs is 1. The highest BCUT2D eigenvalue weighted by Gasteiger charge is 2.59. The highest BCUT2D eigenvalue weighted by Crippen LogP contribution is 2.52. The molecule has 0 bridgehead atoms. The zero-order valence-corrected chi connectivity index (χ0v) is 16.8. The Balaban J connectivity index is 0.00000176. The van der Waals surface area contributed by atoms with Crippen molar-refractivity contribution in [2.24, 2.45) is 16.3 Å². The average Bonchev–Trinajstić information content (AvgIpc) is 3.12. The highest BCUT2D eigenvalue weighted by molar-refractivity contribution is 14.0. The second kappa shape index (κ2) is 7.05. The molecule has 0 amide bonds. The fourth-order valence-corrected chi connectivity index (χ4v) is 4.48. The molecular weight excluding hydrogens is 409 g/mol. The van der Waals surface area contributed by atoms with Gasteiger partial charge in [-0.25, -0.2) is 0 Å². The predicted molar refractivity (Wildman–Crippen MR) is 103 cm³/mol. The van der Waals surface area contributed by atoms with Gasteiger partial charge in [-0.15, -0.1) is 35.3 Å². The highest BCUT2D eigenvalue weighted by atomic mass is 127. The van der Waals surface area contributed by atoms with Crippen molar-refractivity contribution in [1.29, 1.82) is 0 Å². The van der Waals surface area contributed by atoms with Crippen LogP contribution in [0.4, 0.5) is 0 Å². The Morgan fingerprint density at radius 3 is 2.91 bits per heavy atom. The van der Waals surface area contributed by atoms with E-state index in [1.807, 2.05) is 7.05 Å². The number of ether oxygens (including phenoxy) is 1. The van der Waals surface area contributed by atoms with Crippen LogP contribution in [0.1, 0.15) is 38.1 Å². The van der Waals surface area contributed by atoms with Gasteiger partial charge in [-0.05, 0) is 24.8 Å². The third-order valence-corrected chi connectivity index (χ3v) is 5.99. The van der Waals surface area contributed by atoms with Crippen molar-refractivity contribution >= 4 is 41.3 Å². The summed E-state index contributed by atoms with van der Waals surface area (Å²) in [5.74, 6) is 1.51. The summed E-state index contributed by atoms with van der Waals surface area (Å²) in [6, 6.07) is 4.95. The predicted octanol–water partition coefficient (Wildman–Crippen LogP) is 3.41. The summed E-state index contributed by atoms with van der Waals surface area (Å²) in [7, 11) is 1.84. The molecule has 0 radical (unpaired) electrons. The molecule has 4 atom stereocenters. The minimum Gasteiger partial charge on any atom is -0.377 e. The quantitative estimate of drug-likeness (QED) is 0.435. The number of aliphatic imine (C=N–C) groups is 1. The number of nitrogens with zero attached hydrogens (tertiary/aromatic N) is 1. The van der Waals surface area contributed by atoms with E-state index in [9.17, 15) is 0 Å². The van der Waals surface area contributed by atoms with Crippen molar-refractivity contribution in [1.82, 2.24) is 10.6 Å². The number of hydrogen-bond donors (Lipinski definition) is 2. The summed E-state index contributed by atoms with van der Waals surface area (Å²) in [6.07, 6.45) is 1.56. The molecule has 1 aliphatic heterocycles. The number of guanidine groups is 1. The molecule has 4 nitrogen and oxygen atoms in total. The van der Waals surface area contributed by atoms with Crippen molar-refractivity contribution < 1.29 is 4.74 Å². The van der Waals surface area contributed by atoms with Crippen molar-refractivity contribution in [2.75, 3.05) is 13.7 Å². The van der Waals surface area contributed by atoms with Gasteiger partial charge in [-0.1, -0.05) is 19.9 Å². The number of nitrogens with one attached hydrogen (secondary N) is 2. The first kappa shape index (κ1) is 18.0. The third kappa shape index (κ3) is 3.14. The molecule has 4 unspecified atom stereocenters. The monoisotopic (exact) mass is 435 g/mol. The molecule has 1 aromatic rings. The van der Waals surface area contributed by atoms with Gasteiger partial charge in [0.25, 0.3) is 0 Å². The van der Waals surface area contributed by atoms with Crippen LogP contribution in [0.5, 0.6) is 0 Å². The lowest BCUT2D eigenvalue weighted by Gasteiger charge is -2.55. The summed E-state index contributed by atoms with van der Waals surface area (Å²) < 4.78 is 5.85. The van der Waals surface area contributed by atoms with Crippen LogP contribution < -0.4 is 10.6 Å². The summed E-state index contributed by atoms with van der Waals surface area (Å²) in [5.41, 5.74) is 0.172. The van der Waals surface area contributed by atoms with E-state index in [0.29, 0.717) is 18.1 Å². The van der Waals surface area contributed by atoms with Gasteiger partial charge in [0, 0.05) is 35.9 Å². The first-order valence-electron chi connectivity index (χ1n) is 7.69. The number of rotatable bonds is 3. The van der Waals surface area contributed by atoms with Crippen molar-refractivity contribution in [3.63, 3.8) is 0 Å². The molecule has 0 aromatic carbocycles. The first-order valence-corrected chi connectivity index (χ1v) is 8.57. The van der Waals surface area contributed by atoms with Crippen LogP contribution in [0, 0.1) is 11.3 Å². The van der Waals surface area contributed by atoms with Crippen molar-refractivity contribution in [3.05, 3.63) is 22.4 Å². The van der Waals surface area contributed by atoms with Crippen LogP contribution in [-0.2, 0) is 4.74 Å². The molecule has 2 N–H and O–H groups in total. The Bertz CT molecular complexity index is 517. The molecule has 22 heavy (non-hydrogen) atoms. The Morgan fingerprint density at radius 2 is 2.27 bits per heavy atom. The molecule has 3 rings (SSSR count). The second-order valence-corrected chi connectivity index (χ2v) is 7.62. The Hall–Kier alpha value is -0.340. The standard InChI is InChI=1S/C16H25N3OS.HI/c1-10(12-6-5-9-21-12)18-15(17-4)19-13-11-7-8-20-14(11)16(13,2)3;/h5-6,9-11,13-14H,7-8H2,1-4H3,(H2,17,18,19);1H. The van der Waals surface area contributed by atoms with E-state index in [1.54, 1.807) is 11.3 Å². The molecule has 0 spiro atoms. The lowest BCUT2D eigenvalue weighted by Crippen LogP contribution is -2.68. The van der Waals surface area contributed by atoms with E-state index in [1.165, 1.54) is 4.88 Å². The van der Waals surface area contributed by atoms with Gasteiger partial charge in [0.2, 0.25) is 0 Å². The maximum absolute atomic E-state index is 5.85. The molecule has 2 aliphatic rings. The summed E-state index contributed by atoms with van der Waals surface area (Å²) in [6.45, 7) is 7.64. The van der Waals surface area contributed by atoms with Crippen LogP contribution in [0.25, 0.3) is 0 Å². The minimum absolute atomic E-state index is 0. The second-order valence-electron chi connectivity index (χ2n) is 6.64. The van der Waals surface area contributed by atoms with Crippen molar-refractivity contribution in [3.8, 4) is 0 Å². The topological polar surface area (TPSA) is 45.7 Å². The van der Waals surface area contributed by atoms with E-state index in [-0.39, 0.29) is 35.4 Å². The van der Waals surface area contributed by atoms with Crippen LogP contribution in [0.2, 0.25) is 0 Å². The number of hydrogen-bond acceptors (Lipinski definition) is 3. The van der Waals surface area contributed by atoms with Crippen LogP contribution >= 0.6 is 35.3 Å². The molecule has 1 saturated heterocycles. The van der Waals surface area contributed by atoms with Gasteiger partial charge in [-0.3, -0.25) is 4.99 Å². The van der Waals surface area contributed by atoms with E-state index in [0.717, 1.165) is 19.0 Å². The maximum Gasteiger partial charge on any atom is 0.191 e. The zero-order chi connectivity index (χ0) is 15.0. The maximum atomic E-state index is 5.85. The van der Waals surface area contributed by atoms with Gasteiger partial charge in [0.1, 0.15) is 0 Å². The molecule has 2 fully saturated rings. The summed E-state index contributed by atoms with van der Waals surface area (Å²) in [5, 5.41) is 9.23. The summed E-state index contributed by atoms with van der Waals surface area (Å²) >= 11 is 1.77. The lowest BCUT2D eigenvalue weighted by atomic mass is 9.57. The molecular formula is C16H26IN3OS. The number of halogens is 1. The van der Waals surface area contributed by atoms with Crippen LogP contribution in [0.3, 0.4) is 0 Å². The first-order chi connectivity index (χ1) is 10.0. The van der Waals surface area contributed by atoms with Crippen LogP contribution in [-0.4, -0.2) is 31.8 Å².